The van der Waals surface area contributed by atoms with Crippen LogP contribution in [0.15, 0.2) is 63.4 Å². The number of sulfonamides is 1. The average Bonchev–Trinajstić information content (AvgIpc) is 3.30. The van der Waals surface area contributed by atoms with Gasteiger partial charge in [-0.2, -0.15) is 0 Å². The third-order valence-corrected chi connectivity index (χ3v) is 5.77. The first-order chi connectivity index (χ1) is 12.5. The number of hydrogen-bond donors (Lipinski definition) is 2. The van der Waals surface area contributed by atoms with Crippen molar-refractivity contribution in [2.24, 2.45) is 0 Å². The van der Waals surface area contributed by atoms with Gasteiger partial charge in [-0.1, -0.05) is 18.2 Å². The number of amides is 1. The highest BCUT2D eigenvalue weighted by molar-refractivity contribution is 7.93. The molecule has 0 aliphatic carbocycles. The van der Waals surface area contributed by atoms with Gasteiger partial charge in [0.15, 0.2) is 5.13 Å². The first kappa shape index (κ1) is 18.2. The summed E-state index contributed by atoms with van der Waals surface area (Å²) in [6.45, 7) is 0.338. The first-order valence-electron chi connectivity index (χ1n) is 7.84. The topological polar surface area (TPSA) is 101 Å². The highest BCUT2D eigenvalue weighted by Crippen LogP contribution is 2.20. The van der Waals surface area contributed by atoms with Crippen molar-refractivity contribution in [2.75, 3.05) is 4.72 Å². The Kier molecular flexibility index (Phi) is 5.69. The second-order valence-electron chi connectivity index (χ2n) is 5.42. The molecular formula is C17H17N3O4S2. The first-order valence-corrected chi connectivity index (χ1v) is 10.2. The van der Waals surface area contributed by atoms with Gasteiger partial charge in [-0.15, -0.1) is 11.3 Å². The van der Waals surface area contributed by atoms with Crippen LogP contribution in [-0.2, 0) is 27.8 Å². The number of nitrogens with zero attached hydrogens (tertiary/aromatic N) is 1. The summed E-state index contributed by atoms with van der Waals surface area (Å²) in [5, 5.41) is 4.77. The molecule has 0 radical (unpaired) electrons. The molecule has 0 aliphatic rings. The number of rotatable bonds is 8. The minimum atomic E-state index is -3.66. The summed E-state index contributed by atoms with van der Waals surface area (Å²) < 4.78 is 32.1. The van der Waals surface area contributed by atoms with Gasteiger partial charge in [-0.25, -0.2) is 13.4 Å². The average molecular weight is 391 g/mol. The van der Waals surface area contributed by atoms with Crippen LogP contribution in [0.2, 0.25) is 0 Å². The smallest absolute Gasteiger partial charge is 0.263 e. The molecular weight excluding hydrogens is 374 g/mol. The van der Waals surface area contributed by atoms with Gasteiger partial charge in [0.2, 0.25) is 5.91 Å². The summed E-state index contributed by atoms with van der Waals surface area (Å²) in [5.74, 6) is 0.561. The number of hydrogen-bond acceptors (Lipinski definition) is 6. The number of carbonyl (C=O) groups is 1. The highest BCUT2D eigenvalue weighted by Gasteiger charge is 2.15. The number of thiazole rings is 1. The molecule has 7 nitrogen and oxygen atoms in total. The Bertz CT molecular complexity index is 951. The maximum Gasteiger partial charge on any atom is 0.263 e. The number of furan rings is 1. The molecule has 0 bridgehead atoms. The Morgan fingerprint density at radius 1 is 1.15 bits per heavy atom. The van der Waals surface area contributed by atoms with E-state index in [0.29, 0.717) is 24.4 Å². The van der Waals surface area contributed by atoms with Crippen LogP contribution in [-0.4, -0.2) is 19.3 Å². The monoisotopic (exact) mass is 391 g/mol. The van der Waals surface area contributed by atoms with E-state index >= 15 is 0 Å². The summed E-state index contributed by atoms with van der Waals surface area (Å²) in [6, 6.07) is 11.6. The lowest BCUT2D eigenvalue weighted by molar-refractivity contribution is -0.121. The van der Waals surface area contributed by atoms with E-state index in [4.69, 9.17) is 4.42 Å². The maximum atomic E-state index is 12.3. The number of carbonyl (C=O) groups excluding carboxylic acids is 1. The number of aromatic nitrogens is 1. The van der Waals surface area contributed by atoms with Gasteiger partial charge in [0.25, 0.3) is 10.0 Å². The van der Waals surface area contributed by atoms with E-state index in [2.05, 4.69) is 15.0 Å². The predicted molar refractivity (Wildman–Crippen MR) is 98.2 cm³/mol. The lowest BCUT2D eigenvalue weighted by Gasteiger charge is -2.04. The molecule has 0 saturated carbocycles. The molecule has 0 aliphatic heterocycles. The summed E-state index contributed by atoms with van der Waals surface area (Å²) >= 11 is 1.19. The van der Waals surface area contributed by atoms with Crippen LogP contribution in [0, 0.1) is 0 Å². The lowest BCUT2D eigenvalue weighted by atomic mass is 10.2. The zero-order valence-corrected chi connectivity index (χ0v) is 15.3. The fourth-order valence-corrected chi connectivity index (χ4v) is 4.19. The van der Waals surface area contributed by atoms with Gasteiger partial charge in [-0.05, 0) is 30.7 Å². The van der Waals surface area contributed by atoms with E-state index in [1.165, 1.54) is 23.5 Å². The summed E-state index contributed by atoms with van der Waals surface area (Å²) in [4.78, 5) is 16.3. The molecule has 3 aromatic rings. The maximum absolute atomic E-state index is 12.3. The number of nitrogens with one attached hydrogen (secondary N) is 2. The van der Waals surface area contributed by atoms with E-state index in [9.17, 15) is 13.2 Å². The molecule has 0 atom stereocenters. The quantitative estimate of drug-likeness (QED) is 0.615. The molecule has 3 rings (SSSR count). The zero-order chi connectivity index (χ0) is 18.4. The SMILES string of the molecule is O=C(CCc1csc(NS(=O)(=O)c2ccccc2)n1)NCc1ccco1. The third kappa shape index (κ3) is 4.93. The highest BCUT2D eigenvalue weighted by atomic mass is 32.2. The van der Waals surface area contributed by atoms with Gasteiger partial charge < -0.3 is 9.73 Å². The molecule has 0 unspecified atom stereocenters. The van der Waals surface area contributed by atoms with Crippen molar-refractivity contribution >= 4 is 32.4 Å². The van der Waals surface area contributed by atoms with Gasteiger partial charge >= 0.3 is 0 Å². The standard InChI is InChI=1S/C17H17N3O4S2/c21-16(18-11-14-5-4-10-24-14)9-8-13-12-25-17(19-13)20-26(22,23)15-6-2-1-3-7-15/h1-7,10,12H,8-9,11H2,(H,18,21)(H,19,20). The van der Waals surface area contributed by atoms with Crippen LogP contribution < -0.4 is 10.0 Å². The van der Waals surface area contributed by atoms with Crippen LogP contribution in [0.4, 0.5) is 5.13 Å². The molecule has 0 spiro atoms. The molecule has 136 valence electrons. The van der Waals surface area contributed by atoms with E-state index in [0.717, 1.165) is 0 Å². The van der Waals surface area contributed by atoms with E-state index in [-0.39, 0.29) is 22.4 Å². The molecule has 1 aromatic carbocycles. The Morgan fingerprint density at radius 2 is 1.96 bits per heavy atom. The lowest BCUT2D eigenvalue weighted by Crippen LogP contribution is -2.22. The fourth-order valence-electron chi connectivity index (χ4n) is 2.17. The second kappa shape index (κ2) is 8.15. The number of aryl methyl sites for hydroxylation is 1. The summed E-state index contributed by atoms with van der Waals surface area (Å²) in [6.07, 6.45) is 2.23. The minimum absolute atomic E-state index is 0.124. The summed E-state index contributed by atoms with van der Waals surface area (Å²) in [5.41, 5.74) is 0.661. The predicted octanol–water partition coefficient (Wildman–Crippen LogP) is 2.79. The third-order valence-electron chi connectivity index (χ3n) is 3.48. The van der Waals surface area contributed by atoms with Crippen LogP contribution in [0.25, 0.3) is 0 Å². The van der Waals surface area contributed by atoms with Crippen molar-refractivity contribution in [2.45, 2.75) is 24.3 Å². The van der Waals surface area contributed by atoms with Gasteiger partial charge in [0.1, 0.15) is 5.76 Å². The molecule has 2 aromatic heterocycles. The van der Waals surface area contributed by atoms with Crippen molar-refractivity contribution in [3.05, 3.63) is 65.6 Å². The van der Waals surface area contributed by atoms with E-state index in [1.54, 1.807) is 42.0 Å². The Balaban J connectivity index is 1.51. The van der Waals surface area contributed by atoms with Crippen molar-refractivity contribution in [1.29, 1.82) is 0 Å². The van der Waals surface area contributed by atoms with Gasteiger partial charge in [0.05, 0.1) is 23.4 Å². The Hall–Kier alpha value is -2.65. The van der Waals surface area contributed by atoms with Crippen LogP contribution in [0.1, 0.15) is 17.9 Å². The summed E-state index contributed by atoms with van der Waals surface area (Å²) in [7, 11) is -3.66. The largest absolute Gasteiger partial charge is 0.467 e. The van der Waals surface area contributed by atoms with Crippen molar-refractivity contribution in [1.82, 2.24) is 10.3 Å². The second-order valence-corrected chi connectivity index (χ2v) is 7.96. The van der Waals surface area contributed by atoms with Crippen molar-refractivity contribution in [3.63, 3.8) is 0 Å². The number of anilines is 1. The van der Waals surface area contributed by atoms with Crippen LogP contribution in [0.3, 0.4) is 0 Å². The van der Waals surface area contributed by atoms with E-state index < -0.39 is 10.0 Å². The van der Waals surface area contributed by atoms with Crippen molar-refractivity contribution < 1.29 is 17.6 Å². The van der Waals surface area contributed by atoms with Gasteiger partial charge in [0, 0.05) is 11.8 Å². The van der Waals surface area contributed by atoms with Crippen LogP contribution in [0.5, 0.6) is 0 Å². The molecule has 9 heteroatoms. The normalized spacial score (nSPS) is 11.2. The number of benzene rings is 1. The Labute approximate surface area is 155 Å². The van der Waals surface area contributed by atoms with E-state index in [1.807, 2.05) is 0 Å². The molecule has 1 amide bonds. The molecule has 0 fully saturated rings. The minimum Gasteiger partial charge on any atom is -0.467 e. The van der Waals surface area contributed by atoms with Gasteiger partial charge in [-0.3, -0.25) is 9.52 Å². The van der Waals surface area contributed by atoms with Crippen molar-refractivity contribution in [3.8, 4) is 0 Å². The molecule has 0 saturated heterocycles. The molecule has 26 heavy (non-hydrogen) atoms. The Morgan fingerprint density at radius 3 is 2.69 bits per heavy atom. The zero-order valence-electron chi connectivity index (χ0n) is 13.7. The fraction of sp³-hybridized carbons (Fsp3) is 0.176. The van der Waals surface area contributed by atoms with Crippen LogP contribution >= 0.6 is 11.3 Å². The molecule has 2 heterocycles. The molecule has 2 N–H and O–H groups in total.